The molecule has 2 heterocycles. The van der Waals surface area contributed by atoms with Crippen molar-refractivity contribution in [3.63, 3.8) is 0 Å². The summed E-state index contributed by atoms with van der Waals surface area (Å²) in [6, 6.07) is 14.0. The van der Waals surface area contributed by atoms with Gasteiger partial charge in [-0.25, -0.2) is 31.8 Å². The van der Waals surface area contributed by atoms with E-state index < -0.39 is 81.2 Å². The van der Waals surface area contributed by atoms with Crippen molar-refractivity contribution in [3.05, 3.63) is 107 Å². The van der Waals surface area contributed by atoms with Gasteiger partial charge in [0.25, 0.3) is 5.91 Å². The van der Waals surface area contributed by atoms with Crippen LogP contribution >= 0.6 is 0 Å². The van der Waals surface area contributed by atoms with Gasteiger partial charge in [-0.15, -0.1) is 18.3 Å². The van der Waals surface area contributed by atoms with Gasteiger partial charge in [-0.2, -0.15) is 0 Å². The fourth-order valence-corrected chi connectivity index (χ4v) is 4.77. The number of amides is 2. The number of aromatic nitrogens is 2. The average molecular weight is 706 g/mol. The second-order valence-corrected chi connectivity index (χ2v) is 11.5. The number of benzene rings is 3. The summed E-state index contributed by atoms with van der Waals surface area (Å²) in [5.41, 5.74) is -5.38. The normalized spacial score (nSPS) is 11.7. The van der Waals surface area contributed by atoms with Gasteiger partial charge in [-0.05, 0) is 68.3 Å². The maximum absolute atomic E-state index is 16.0. The molecule has 0 saturated carbocycles. The molecule has 0 fully saturated rings. The summed E-state index contributed by atoms with van der Waals surface area (Å²) in [5, 5.41) is 4.20. The lowest BCUT2D eigenvalue weighted by Gasteiger charge is -2.27. The van der Waals surface area contributed by atoms with E-state index in [1.54, 1.807) is 24.3 Å². The van der Waals surface area contributed by atoms with Crippen LogP contribution in [-0.4, -0.2) is 40.7 Å². The molecule has 2 amide bonds. The van der Waals surface area contributed by atoms with Crippen molar-refractivity contribution in [3.8, 4) is 28.5 Å². The third-order valence-corrected chi connectivity index (χ3v) is 6.86. The van der Waals surface area contributed by atoms with E-state index in [2.05, 4.69) is 9.84 Å². The Morgan fingerprint density at radius 1 is 0.840 bits per heavy atom. The first-order valence-electron chi connectivity index (χ1n) is 14.5. The predicted molar refractivity (Wildman–Crippen MR) is 164 cm³/mol. The van der Waals surface area contributed by atoms with Crippen molar-refractivity contribution < 1.29 is 59.3 Å². The number of carbonyl (C=O) groups excluding carboxylic acids is 2. The molecule has 5 aromatic rings. The molecule has 262 valence electrons. The van der Waals surface area contributed by atoms with E-state index in [0.29, 0.717) is 17.4 Å². The van der Waals surface area contributed by atoms with Gasteiger partial charge in [0.05, 0.1) is 18.2 Å². The Balaban J connectivity index is 1.66. The van der Waals surface area contributed by atoms with E-state index in [-0.39, 0.29) is 17.0 Å². The zero-order valence-corrected chi connectivity index (χ0v) is 26.6. The minimum atomic E-state index is -5.19. The number of methoxy groups -OCH3 is 1. The summed E-state index contributed by atoms with van der Waals surface area (Å²) in [6.07, 6.45) is -5.53. The van der Waals surface area contributed by atoms with Crippen LogP contribution in [0, 0.1) is 23.3 Å². The van der Waals surface area contributed by atoms with Crippen molar-refractivity contribution in [2.24, 2.45) is 0 Å². The van der Waals surface area contributed by atoms with Crippen LogP contribution in [0.25, 0.3) is 16.6 Å². The fourth-order valence-electron chi connectivity index (χ4n) is 4.77. The second-order valence-electron chi connectivity index (χ2n) is 11.5. The SMILES string of the molecule is COc1ccc(COc2nn3ccccc3c2C(=O)N(C(=O)OC(C)(C)C)c2c(F)c(F)c(-c3cccc(OC(F)(F)F)c3)c(F)c2F)cc1. The number of imide groups is 1. The highest BCUT2D eigenvalue weighted by Gasteiger charge is 2.41. The molecule has 0 aliphatic carbocycles. The summed E-state index contributed by atoms with van der Waals surface area (Å²) in [5.74, 6) is -11.1. The molecule has 0 atom stereocenters. The Kier molecular flexibility index (Phi) is 9.66. The summed E-state index contributed by atoms with van der Waals surface area (Å²) in [6.45, 7) is 3.89. The number of fused-ring (bicyclic) bond motifs is 1. The van der Waals surface area contributed by atoms with Gasteiger partial charge < -0.3 is 18.9 Å². The number of nitrogens with zero attached hydrogens (tertiary/aromatic N) is 3. The molecule has 0 spiro atoms. The van der Waals surface area contributed by atoms with Gasteiger partial charge >= 0.3 is 12.5 Å². The van der Waals surface area contributed by atoms with E-state index in [1.807, 2.05) is 0 Å². The first-order valence-corrected chi connectivity index (χ1v) is 14.5. The van der Waals surface area contributed by atoms with E-state index in [0.717, 1.165) is 22.7 Å². The Bertz CT molecular complexity index is 2050. The molecule has 3 aromatic carbocycles. The van der Waals surface area contributed by atoms with Crippen LogP contribution in [0.1, 0.15) is 36.7 Å². The maximum atomic E-state index is 16.0. The quantitative estimate of drug-likeness (QED) is 0.118. The Morgan fingerprint density at radius 2 is 1.50 bits per heavy atom. The second kappa shape index (κ2) is 13.6. The van der Waals surface area contributed by atoms with Gasteiger partial charge in [0.15, 0.2) is 23.3 Å². The molecule has 0 N–H and O–H groups in total. The van der Waals surface area contributed by atoms with Crippen molar-refractivity contribution in [2.75, 3.05) is 12.0 Å². The number of halogens is 7. The average Bonchev–Trinajstić information content (AvgIpc) is 3.42. The van der Waals surface area contributed by atoms with Gasteiger partial charge in [0.1, 0.15) is 35.0 Å². The predicted octanol–water partition coefficient (Wildman–Crippen LogP) is 8.63. The Hall–Kier alpha value is -5.80. The minimum absolute atomic E-state index is 0.0318. The Labute approximate surface area is 279 Å². The first-order chi connectivity index (χ1) is 23.5. The van der Waals surface area contributed by atoms with E-state index >= 15 is 17.6 Å². The smallest absolute Gasteiger partial charge is 0.497 e. The molecule has 16 heteroatoms. The lowest BCUT2D eigenvalue weighted by Crippen LogP contribution is -2.42. The molecule has 2 aromatic heterocycles. The van der Waals surface area contributed by atoms with Crippen molar-refractivity contribution in [1.82, 2.24) is 9.61 Å². The van der Waals surface area contributed by atoms with Crippen LogP contribution in [0.3, 0.4) is 0 Å². The molecule has 0 aliphatic rings. The number of hydrogen-bond acceptors (Lipinski definition) is 7. The monoisotopic (exact) mass is 705 g/mol. The topological polar surface area (TPSA) is 91.6 Å². The lowest BCUT2D eigenvalue weighted by atomic mass is 10.0. The zero-order valence-electron chi connectivity index (χ0n) is 26.6. The van der Waals surface area contributed by atoms with Crippen molar-refractivity contribution in [1.29, 1.82) is 0 Å². The lowest BCUT2D eigenvalue weighted by molar-refractivity contribution is -0.274. The number of anilines is 1. The summed E-state index contributed by atoms with van der Waals surface area (Å²) < 4.78 is 123. The Morgan fingerprint density at radius 3 is 2.10 bits per heavy atom. The van der Waals surface area contributed by atoms with Crippen molar-refractivity contribution >= 4 is 23.2 Å². The number of hydrogen-bond donors (Lipinski definition) is 0. The van der Waals surface area contributed by atoms with Crippen LogP contribution in [0.4, 0.5) is 41.2 Å². The fraction of sp³-hybridized carbons (Fsp3) is 0.206. The standard InChI is InChI=1S/C34H26F7N3O6/c1-33(2,3)50-32(46)44(29-27(37)25(35)23(26(36)28(29)38)19-8-7-9-21(16-19)49-34(39,40)41)31(45)24-22-10-5-6-15-43(22)42-30(24)48-17-18-11-13-20(47-4)14-12-18/h5-16H,17H2,1-4H3. The van der Waals surface area contributed by atoms with Crippen LogP contribution in [0.2, 0.25) is 0 Å². The molecule has 9 nitrogen and oxygen atoms in total. The minimum Gasteiger partial charge on any atom is -0.497 e. The highest BCUT2D eigenvalue weighted by Crippen LogP contribution is 2.40. The number of ether oxygens (including phenoxy) is 4. The van der Waals surface area contributed by atoms with Crippen LogP contribution in [0.15, 0.2) is 72.9 Å². The van der Waals surface area contributed by atoms with Crippen LogP contribution in [-0.2, 0) is 11.3 Å². The molecule has 0 saturated heterocycles. The van der Waals surface area contributed by atoms with E-state index in [4.69, 9.17) is 14.2 Å². The van der Waals surface area contributed by atoms with Gasteiger partial charge in [0.2, 0.25) is 5.88 Å². The maximum Gasteiger partial charge on any atom is 0.573 e. The third-order valence-electron chi connectivity index (χ3n) is 6.86. The van der Waals surface area contributed by atoms with Gasteiger partial charge in [-0.3, -0.25) is 4.79 Å². The molecule has 0 unspecified atom stereocenters. The highest BCUT2D eigenvalue weighted by molar-refractivity contribution is 6.22. The number of alkyl halides is 3. The van der Waals surface area contributed by atoms with Crippen LogP contribution in [0.5, 0.6) is 17.4 Å². The summed E-state index contributed by atoms with van der Waals surface area (Å²) in [7, 11) is 1.47. The van der Waals surface area contributed by atoms with Gasteiger partial charge in [-0.1, -0.05) is 30.3 Å². The molecule has 0 bridgehead atoms. The first kappa shape index (κ1) is 35.5. The summed E-state index contributed by atoms with van der Waals surface area (Å²) >= 11 is 0. The van der Waals surface area contributed by atoms with Gasteiger partial charge in [0, 0.05) is 6.20 Å². The third kappa shape index (κ3) is 7.43. The van der Waals surface area contributed by atoms with E-state index in [9.17, 15) is 22.8 Å². The number of carbonyl (C=O) groups is 2. The number of pyridine rings is 1. The zero-order chi connectivity index (χ0) is 36.5. The number of rotatable bonds is 8. The van der Waals surface area contributed by atoms with Crippen LogP contribution < -0.4 is 19.1 Å². The van der Waals surface area contributed by atoms with E-state index in [1.165, 1.54) is 52.3 Å². The molecule has 0 radical (unpaired) electrons. The van der Waals surface area contributed by atoms with Crippen molar-refractivity contribution in [2.45, 2.75) is 39.3 Å². The highest BCUT2D eigenvalue weighted by atomic mass is 19.4. The molecule has 50 heavy (non-hydrogen) atoms. The largest absolute Gasteiger partial charge is 0.573 e. The molecular formula is C34H26F7N3O6. The molecular weight excluding hydrogens is 679 g/mol. The molecule has 5 rings (SSSR count). The summed E-state index contributed by atoms with van der Waals surface area (Å²) in [4.78, 5) is 27.6. The molecule has 0 aliphatic heterocycles.